The van der Waals surface area contributed by atoms with E-state index >= 15 is 0 Å². The molecule has 2 aromatic carbocycles. The average molecular weight is 342 g/mol. The van der Waals surface area contributed by atoms with Crippen LogP contribution in [-0.2, 0) is 14.3 Å². The Morgan fingerprint density at radius 1 is 0.960 bits per heavy atom. The Hall–Kier alpha value is -3.19. The van der Waals surface area contributed by atoms with Crippen LogP contribution in [0.2, 0.25) is 0 Å². The third-order valence-electron chi connectivity index (χ3n) is 3.06. The molecule has 7 heteroatoms. The SMILES string of the molecule is COCC(=O)Nc1ccc(NC(=O)c2cccc(OC(C)=O)c2)cc1. The fourth-order valence-corrected chi connectivity index (χ4v) is 2.04. The van der Waals surface area contributed by atoms with Gasteiger partial charge in [-0.3, -0.25) is 14.4 Å². The van der Waals surface area contributed by atoms with Crippen LogP contribution in [0.1, 0.15) is 17.3 Å². The van der Waals surface area contributed by atoms with Gasteiger partial charge in [-0.2, -0.15) is 0 Å². The van der Waals surface area contributed by atoms with Crippen LogP contribution in [-0.4, -0.2) is 31.5 Å². The summed E-state index contributed by atoms with van der Waals surface area (Å²) in [4.78, 5) is 34.7. The lowest BCUT2D eigenvalue weighted by molar-refractivity contribution is -0.131. The van der Waals surface area contributed by atoms with E-state index in [1.165, 1.54) is 20.1 Å². The highest BCUT2D eigenvalue weighted by Crippen LogP contribution is 2.17. The van der Waals surface area contributed by atoms with E-state index in [1.807, 2.05) is 0 Å². The van der Waals surface area contributed by atoms with Crippen LogP contribution in [0.15, 0.2) is 48.5 Å². The van der Waals surface area contributed by atoms with Gasteiger partial charge in [0.05, 0.1) is 0 Å². The number of amides is 2. The molecule has 0 saturated heterocycles. The number of carbonyl (C=O) groups is 3. The standard InChI is InChI=1S/C18H18N2O5/c1-12(21)25-16-5-3-4-13(10-16)18(23)20-15-8-6-14(7-9-15)19-17(22)11-24-2/h3-10H,11H2,1-2H3,(H,19,22)(H,20,23). The molecule has 0 aliphatic heterocycles. The Labute approximate surface area is 144 Å². The second-order valence-corrected chi connectivity index (χ2v) is 5.13. The molecule has 0 spiro atoms. The summed E-state index contributed by atoms with van der Waals surface area (Å²) in [5.41, 5.74) is 1.51. The Kier molecular flexibility index (Phi) is 6.25. The Bertz CT molecular complexity index is 771. The van der Waals surface area contributed by atoms with E-state index in [4.69, 9.17) is 9.47 Å². The quantitative estimate of drug-likeness (QED) is 0.621. The van der Waals surface area contributed by atoms with Crippen molar-refractivity contribution in [1.29, 1.82) is 0 Å². The van der Waals surface area contributed by atoms with Crippen LogP contribution < -0.4 is 15.4 Å². The number of benzene rings is 2. The minimum Gasteiger partial charge on any atom is -0.427 e. The highest BCUT2D eigenvalue weighted by atomic mass is 16.5. The van der Waals surface area contributed by atoms with E-state index in [-0.39, 0.29) is 18.4 Å². The molecule has 0 aromatic heterocycles. The number of methoxy groups -OCH3 is 1. The third-order valence-corrected chi connectivity index (χ3v) is 3.06. The van der Waals surface area contributed by atoms with E-state index in [0.29, 0.717) is 22.7 Å². The van der Waals surface area contributed by atoms with Gasteiger partial charge in [0.2, 0.25) is 5.91 Å². The van der Waals surface area contributed by atoms with Crippen molar-refractivity contribution >= 4 is 29.2 Å². The predicted octanol–water partition coefficient (Wildman–Crippen LogP) is 2.45. The maximum atomic E-state index is 12.3. The maximum Gasteiger partial charge on any atom is 0.308 e. The monoisotopic (exact) mass is 342 g/mol. The van der Waals surface area contributed by atoms with E-state index in [9.17, 15) is 14.4 Å². The summed E-state index contributed by atoms with van der Waals surface area (Å²) in [5, 5.41) is 5.38. The highest BCUT2D eigenvalue weighted by molar-refractivity contribution is 6.04. The lowest BCUT2D eigenvalue weighted by Crippen LogP contribution is -2.17. The minimum atomic E-state index is -0.455. The van der Waals surface area contributed by atoms with Gasteiger partial charge in [-0.1, -0.05) is 6.07 Å². The molecule has 0 saturated carbocycles. The normalized spacial score (nSPS) is 10.0. The highest BCUT2D eigenvalue weighted by Gasteiger charge is 2.09. The molecular formula is C18H18N2O5. The van der Waals surface area contributed by atoms with Gasteiger partial charge in [0.15, 0.2) is 0 Å². The first-order chi connectivity index (χ1) is 12.0. The second kappa shape index (κ2) is 8.60. The first-order valence-corrected chi connectivity index (χ1v) is 7.46. The first kappa shape index (κ1) is 18.2. The molecule has 2 N–H and O–H groups in total. The van der Waals surface area contributed by atoms with Crippen molar-refractivity contribution in [3.63, 3.8) is 0 Å². The number of ether oxygens (including phenoxy) is 2. The van der Waals surface area contributed by atoms with Gasteiger partial charge in [0.1, 0.15) is 12.4 Å². The van der Waals surface area contributed by atoms with Gasteiger partial charge in [-0.05, 0) is 42.5 Å². The Morgan fingerprint density at radius 2 is 1.60 bits per heavy atom. The van der Waals surface area contributed by atoms with Crippen molar-refractivity contribution < 1.29 is 23.9 Å². The third kappa shape index (κ3) is 5.74. The van der Waals surface area contributed by atoms with Crippen molar-refractivity contribution in [2.75, 3.05) is 24.4 Å². The summed E-state index contributed by atoms with van der Waals surface area (Å²) in [6.07, 6.45) is 0. The minimum absolute atomic E-state index is 0.0306. The molecule has 0 fully saturated rings. The molecular weight excluding hydrogens is 324 g/mol. The number of carbonyl (C=O) groups excluding carboxylic acids is 3. The lowest BCUT2D eigenvalue weighted by Gasteiger charge is -2.08. The van der Waals surface area contributed by atoms with Gasteiger partial charge in [0, 0.05) is 31.0 Å². The van der Waals surface area contributed by atoms with Gasteiger partial charge in [-0.15, -0.1) is 0 Å². The molecule has 130 valence electrons. The molecule has 0 atom stereocenters. The molecule has 0 aliphatic rings. The molecule has 0 unspecified atom stereocenters. The van der Waals surface area contributed by atoms with Crippen LogP contribution in [0.25, 0.3) is 0 Å². The van der Waals surface area contributed by atoms with Crippen molar-refractivity contribution in [3.05, 3.63) is 54.1 Å². The molecule has 7 nitrogen and oxygen atoms in total. The van der Waals surface area contributed by atoms with Gasteiger partial charge >= 0.3 is 5.97 Å². The number of anilines is 2. The molecule has 2 rings (SSSR count). The average Bonchev–Trinajstić information content (AvgIpc) is 2.56. The van der Waals surface area contributed by atoms with Gasteiger partial charge < -0.3 is 20.1 Å². The largest absolute Gasteiger partial charge is 0.427 e. The summed E-state index contributed by atoms with van der Waals surface area (Å²) in [6, 6.07) is 13.0. The molecule has 2 aromatic rings. The van der Waals surface area contributed by atoms with Gasteiger partial charge in [0.25, 0.3) is 5.91 Å². The van der Waals surface area contributed by atoms with Crippen LogP contribution in [0, 0.1) is 0 Å². The summed E-state index contributed by atoms with van der Waals surface area (Å²) < 4.78 is 9.69. The smallest absolute Gasteiger partial charge is 0.308 e. The van der Waals surface area contributed by atoms with Crippen LogP contribution in [0.3, 0.4) is 0 Å². The number of hydrogen-bond donors (Lipinski definition) is 2. The molecule has 0 radical (unpaired) electrons. The van der Waals surface area contributed by atoms with Crippen LogP contribution >= 0.6 is 0 Å². The van der Waals surface area contributed by atoms with Crippen molar-refractivity contribution in [1.82, 2.24) is 0 Å². The zero-order valence-electron chi connectivity index (χ0n) is 13.9. The van der Waals surface area contributed by atoms with Crippen LogP contribution in [0.5, 0.6) is 5.75 Å². The zero-order chi connectivity index (χ0) is 18.2. The maximum absolute atomic E-state index is 12.3. The predicted molar refractivity (Wildman–Crippen MR) is 92.7 cm³/mol. The number of nitrogens with one attached hydrogen (secondary N) is 2. The summed E-state index contributed by atoms with van der Waals surface area (Å²) in [6.45, 7) is 1.26. The number of hydrogen-bond acceptors (Lipinski definition) is 5. The molecule has 2 amide bonds. The molecule has 0 bridgehead atoms. The van der Waals surface area contributed by atoms with E-state index in [0.717, 1.165) is 0 Å². The van der Waals surface area contributed by atoms with Gasteiger partial charge in [-0.25, -0.2) is 0 Å². The Balaban J connectivity index is 2.00. The van der Waals surface area contributed by atoms with Crippen molar-refractivity contribution in [2.24, 2.45) is 0 Å². The Morgan fingerprint density at radius 3 is 2.20 bits per heavy atom. The first-order valence-electron chi connectivity index (χ1n) is 7.46. The summed E-state index contributed by atoms with van der Waals surface area (Å²) in [7, 11) is 1.44. The molecule has 25 heavy (non-hydrogen) atoms. The van der Waals surface area contributed by atoms with E-state index < -0.39 is 5.97 Å². The summed E-state index contributed by atoms with van der Waals surface area (Å²) in [5.74, 6) is -0.758. The molecule has 0 aliphatic carbocycles. The molecule has 0 heterocycles. The zero-order valence-corrected chi connectivity index (χ0v) is 13.9. The second-order valence-electron chi connectivity index (χ2n) is 5.13. The van der Waals surface area contributed by atoms with Crippen LogP contribution in [0.4, 0.5) is 11.4 Å². The van der Waals surface area contributed by atoms with E-state index in [1.54, 1.807) is 42.5 Å². The fraction of sp³-hybridized carbons (Fsp3) is 0.167. The number of rotatable bonds is 6. The number of esters is 1. The summed E-state index contributed by atoms with van der Waals surface area (Å²) >= 11 is 0. The topological polar surface area (TPSA) is 93.7 Å². The fourth-order valence-electron chi connectivity index (χ4n) is 2.04. The van der Waals surface area contributed by atoms with Crippen molar-refractivity contribution in [3.8, 4) is 5.75 Å². The lowest BCUT2D eigenvalue weighted by atomic mass is 10.2. The van der Waals surface area contributed by atoms with Crippen molar-refractivity contribution in [2.45, 2.75) is 6.92 Å². The van der Waals surface area contributed by atoms with E-state index in [2.05, 4.69) is 10.6 Å².